The van der Waals surface area contributed by atoms with Gasteiger partial charge in [-0.05, 0) is 33.7 Å². The zero-order chi connectivity index (χ0) is 21.2. The van der Waals surface area contributed by atoms with Crippen molar-refractivity contribution in [1.29, 1.82) is 0 Å². The molecule has 0 aliphatic heterocycles. The molecule has 27 heavy (non-hydrogen) atoms. The first-order valence-electron chi connectivity index (χ1n) is 9.10. The fourth-order valence-corrected chi connectivity index (χ4v) is 3.09. The van der Waals surface area contributed by atoms with Gasteiger partial charge in [-0.2, -0.15) is 0 Å². The minimum absolute atomic E-state index is 0.0170. The summed E-state index contributed by atoms with van der Waals surface area (Å²) in [6, 6.07) is -2.31. The third-order valence-corrected chi connectivity index (χ3v) is 5.44. The minimum Gasteiger partial charge on any atom is -0.368 e. The van der Waals surface area contributed by atoms with Crippen molar-refractivity contribution in [2.75, 3.05) is 13.1 Å². The van der Waals surface area contributed by atoms with E-state index in [1.165, 1.54) is 13.8 Å². The number of nitrogens with two attached hydrogens (primary N) is 1. The second kappa shape index (κ2) is 12.1. The SMILES string of the molecule is CCCCCCNCC(=O)N[C@@H](C)C(=O)N([C@@H](C)C(N)=O)[C@H](C)P(=O)(O)O. The normalized spacial score (nSPS) is 14.9. The van der Waals surface area contributed by atoms with Gasteiger partial charge in [0.2, 0.25) is 17.7 Å². The molecule has 0 aromatic carbocycles. The Hall–Kier alpha value is -1.48. The van der Waals surface area contributed by atoms with E-state index in [1.54, 1.807) is 0 Å². The molecule has 3 atom stereocenters. The molecule has 0 aliphatic carbocycles. The molecular formula is C16H33N4O6P. The standard InChI is InChI=1S/C16H33N4O6P/c1-5-6-7-8-9-18-10-14(21)19-11(2)16(23)20(12(3)15(17)22)13(4)27(24,25)26/h11-13,18H,5-10H2,1-4H3,(H2,17,22)(H,19,21)(H2,24,25,26)/t11-,12-,13-/m0/s1. The second-order valence-corrected chi connectivity index (χ2v) is 8.50. The van der Waals surface area contributed by atoms with E-state index in [4.69, 9.17) is 5.73 Å². The summed E-state index contributed by atoms with van der Waals surface area (Å²) in [6.45, 7) is 6.59. The van der Waals surface area contributed by atoms with Crippen LogP contribution in [-0.2, 0) is 18.9 Å². The maximum Gasteiger partial charge on any atom is 0.347 e. The number of hydrogen-bond acceptors (Lipinski definition) is 5. The van der Waals surface area contributed by atoms with Crippen LogP contribution in [0.3, 0.4) is 0 Å². The first kappa shape index (κ1) is 25.5. The molecule has 0 radical (unpaired) electrons. The number of amides is 3. The number of carbonyl (C=O) groups is 3. The third-order valence-electron chi connectivity index (χ3n) is 4.21. The van der Waals surface area contributed by atoms with Gasteiger partial charge in [0, 0.05) is 0 Å². The molecule has 0 heterocycles. The molecule has 0 fully saturated rings. The van der Waals surface area contributed by atoms with E-state index in [2.05, 4.69) is 17.6 Å². The third kappa shape index (κ3) is 9.32. The molecule has 0 unspecified atom stereocenters. The van der Waals surface area contributed by atoms with Crippen LogP contribution >= 0.6 is 7.60 Å². The molecule has 10 nitrogen and oxygen atoms in total. The van der Waals surface area contributed by atoms with E-state index in [-0.39, 0.29) is 6.54 Å². The van der Waals surface area contributed by atoms with Crippen molar-refractivity contribution in [2.45, 2.75) is 71.2 Å². The molecular weight excluding hydrogens is 375 g/mol. The maximum absolute atomic E-state index is 12.6. The Labute approximate surface area is 160 Å². The number of carbonyl (C=O) groups excluding carboxylic acids is 3. The number of unbranched alkanes of at least 4 members (excludes halogenated alkanes) is 3. The average Bonchev–Trinajstić information content (AvgIpc) is 2.56. The highest BCUT2D eigenvalue weighted by Gasteiger charge is 2.39. The number of nitrogens with zero attached hydrogens (tertiary/aromatic N) is 1. The lowest BCUT2D eigenvalue weighted by Crippen LogP contribution is -2.56. The summed E-state index contributed by atoms with van der Waals surface area (Å²) in [5.74, 6) is -3.69. The lowest BCUT2D eigenvalue weighted by Gasteiger charge is -2.35. The maximum atomic E-state index is 12.6. The molecule has 0 spiro atoms. The molecule has 0 aromatic rings. The van der Waals surface area contributed by atoms with Crippen molar-refractivity contribution >= 4 is 25.3 Å². The molecule has 0 saturated carbocycles. The predicted octanol–water partition coefficient (Wildman–Crippen LogP) is -0.113. The van der Waals surface area contributed by atoms with Gasteiger partial charge in [-0.3, -0.25) is 18.9 Å². The lowest BCUT2D eigenvalue weighted by molar-refractivity contribution is -0.142. The summed E-state index contributed by atoms with van der Waals surface area (Å²) in [6.07, 6.45) is 4.26. The van der Waals surface area contributed by atoms with Gasteiger partial charge in [-0.1, -0.05) is 26.2 Å². The fraction of sp³-hybridized carbons (Fsp3) is 0.812. The average molecular weight is 408 g/mol. The quantitative estimate of drug-likeness (QED) is 0.210. The van der Waals surface area contributed by atoms with Crippen LogP contribution in [0.2, 0.25) is 0 Å². The predicted molar refractivity (Wildman–Crippen MR) is 102 cm³/mol. The van der Waals surface area contributed by atoms with Gasteiger partial charge in [0.15, 0.2) is 0 Å². The summed E-state index contributed by atoms with van der Waals surface area (Å²) >= 11 is 0. The summed E-state index contributed by atoms with van der Waals surface area (Å²) in [5, 5.41) is 5.43. The Morgan fingerprint density at radius 1 is 1.11 bits per heavy atom. The van der Waals surface area contributed by atoms with Crippen LogP contribution in [0.15, 0.2) is 0 Å². The van der Waals surface area contributed by atoms with E-state index in [1.807, 2.05) is 0 Å². The molecule has 0 rings (SSSR count). The van der Waals surface area contributed by atoms with Crippen molar-refractivity contribution in [2.24, 2.45) is 5.73 Å². The number of hydrogen-bond donors (Lipinski definition) is 5. The van der Waals surface area contributed by atoms with Crippen LogP contribution < -0.4 is 16.4 Å². The Balaban J connectivity index is 4.81. The highest BCUT2D eigenvalue weighted by atomic mass is 31.2. The van der Waals surface area contributed by atoms with Crippen LogP contribution in [0.1, 0.15) is 53.4 Å². The monoisotopic (exact) mass is 408 g/mol. The van der Waals surface area contributed by atoms with Gasteiger partial charge in [0.1, 0.15) is 17.9 Å². The Bertz CT molecular complexity index is 553. The molecule has 11 heteroatoms. The number of primary amides is 1. The topological polar surface area (TPSA) is 162 Å². The van der Waals surface area contributed by atoms with Crippen LogP contribution in [0.25, 0.3) is 0 Å². The Morgan fingerprint density at radius 3 is 2.19 bits per heavy atom. The molecule has 0 aliphatic rings. The first-order chi connectivity index (χ1) is 12.4. The summed E-state index contributed by atoms with van der Waals surface area (Å²) in [5.41, 5.74) is 5.19. The first-order valence-corrected chi connectivity index (χ1v) is 10.8. The molecule has 158 valence electrons. The minimum atomic E-state index is -4.69. The van der Waals surface area contributed by atoms with Gasteiger partial charge in [-0.25, -0.2) is 0 Å². The summed E-state index contributed by atoms with van der Waals surface area (Å²) < 4.78 is 11.5. The van der Waals surface area contributed by atoms with Crippen LogP contribution in [0, 0.1) is 0 Å². The number of rotatable bonds is 13. The van der Waals surface area contributed by atoms with Gasteiger partial charge >= 0.3 is 7.60 Å². The Kier molecular flexibility index (Phi) is 11.4. The summed E-state index contributed by atoms with van der Waals surface area (Å²) in [4.78, 5) is 55.5. The van der Waals surface area contributed by atoms with Crippen LogP contribution in [-0.4, -0.2) is 63.4 Å². The van der Waals surface area contributed by atoms with Gasteiger partial charge in [0.05, 0.1) is 6.54 Å². The molecule has 6 N–H and O–H groups in total. The lowest BCUT2D eigenvalue weighted by atomic mass is 10.2. The van der Waals surface area contributed by atoms with Crippen LogP contribution in [0.5, 0.6) is 0 Å². The van der Waals surface area contributed by atoms with E-state index in [9.17, 15) is 28.7 Å². The van der Waals surface area contributed by atoms with Crippen molar-refractivity contribution in [1.82, 2.24) is 15.5 Å². The highest BCUT2D eigenvalue weighted by Crippen LogP contribution is 2.43. The van der Waals surface area contributed by atoms with Crippen molar-refractivity contribution in [3.8, 4) is 0 Å². The zero-order valence-electron chi connectivity index (χ0n) is 16.5. The molecule has 0 aromatic heterocycles. The van der Waals surface area contributed by atoms with E-state index in [0.717, 1.165) is 37.5 Å². The largest absolute Gasteiger partial charge is 0.368 e. The van der Waals surface area contributed by atoms with E-state index < -0.39 is 43.2 Å². The number of nitrogens with one attached hydrogen (secondary N) is 2. The van der Waals surface area contributed by atoms with Gasteiger partial charge in [-0.15, -0.1) is 0 Å². The van der Waals surface area contributed by atoms with Gasteiger partial charge in [0.25, 0.3) is 0 Å². The van der Waals surface area contributed by atoms with E-state index in [0.29, 0.717) is 6.54 Å². The fourth-order valence-electron chi connectivity index (χ4n) is 2.45. The van der Waals surface area contributed by atoms with Crippen molar-refractivity contribution < 1.29 is 28.7 Å². The second-order valence-electron chi connectivity index (χ2n) is 6.57. The van der Waals surface area contributed by atoms with Gasteiger partial charge < -0.3 is 31.1 Å². The van der Waals surface area contributed by atoms with Crippen LogP contribution in [0.4, 0.5) is 0 Å². The molecule has 0 saturated heterocycles. The highest BCUT2D eigenvalue weighted by molar-refractivity contribution is 7.52. The molecule has 0 bridgehead atoms. The van der Waals surface area contributed by atoms with Crippen molar-refractivity contribution in [3.63, 3.8) is 0 Å². The van der Waals surface area contributed by atoms with E-state index >= 15 is 0 Å². The Morgan fingerprint density at radius 2 is 1.70 bits per heavy atom. The molecule has 3 amide bonds. The van der Waals surface area contributed by atoms with Crippen molar-refractivity contribution in [3.05, 3.63) is 0 Å². The zero-order valence-corrected chi connectivity index (χ0v) is 17.4. The summed E-state index contributed by atoms with van der Waals surface area (Å²) in [7, 11) is -4.69. The smallest absolute Gasteiger partial charge is 0.347 e.